The van der Waals surface area contributed by atoms with Gasteiger partial charge in [0.1, 0.15) is 0 Å². The van der Waals surface area contributed by atoms with Crippen LogP contribution in [0, 0.1) is 0 Å². The minimum Gasteiger partial charge on any atom is -0.322 e. The van der Waals surface area contributed by atoms with E-state index < -0.39 is 10.0 Å². The first-order valence-corrected chi connectivity index (χ1v) is 11.3. The molecule has 0 radical (unpaired) electrons. The molecule has 5 nitrogen and oxygen atoms in total. The highest BCUT2D eigenvalue weighted by molar-refractivity contribution is 7.89. The number of amides is 1. The fraction of sp³-hybridized carbons (Fsp3) is 0.409. The Morgan fingerprint density at radius 1 is 1.11 bits per heavy atom. The first kappa shape index (κ1) is 20.6. The number of anilines is 1. The maximum Gasteiger partial charge on any atom is 0.255 e. The number of nitrogens with one attached hydrogen (secondary N) is 1. The smallest absolute Gasteiger partial charge is 0.255 e. The average Bonchev–Trinajstić information content (AvgIpc) is 2.68. The summed E-state index contributed by atoms with van der Waals surface area (Å²) in [7, 11) is -3.61. The van der Waals surface area contributed by atoms with Crippen LogP contribution in [0.1, 0.15) is 61.9 Å². The van der Waals surface area contributed by atoms with Gasteiger partial charge in [-0.3, -0.25) is 4.79 Å². The van der Waals surface area contributed by atoms with Gasteiger partial charge >= 0.3 is 0 Å². The highest BCUT2D eigenvalue weighted by Gasteiger charge is 2.31. The summed E-state index contributed by atoms with van der Waals surface area (Å²) in [5.74, 6) is -0.0411. The van der Waals surface area contributed by atoms with Gasteiger partial charge in [-0.25, -0.2) is 8.42 Å². The number of hydrogen-bond donors (Lipinski definition) is 1. The molecule has 1 atom stereocenters. The second-order valence-corrected chi connectivity index (χ2v) is 9.58. The highest BCUT2D eigenvalue weighted by Crippen LogP contribution is 2.27. The van der Waals surface area contributed by atoms with Crippen LogP contribution >= 0.6 is 0 Å². The Hall–Kier alpha value is -2.18. The lowest BCUT2D eigenvalue weighted by Gasteiger charge is -2.32. The monoisotopic (exact) mass is 400 g/mol. The molecule has 28 heavy (non-hydrogen) atoms. The van der Waals surface area contributed by atoms with Crippen LogP contribution in [-0.2, 0) is 10.0 Å². The van der Waals surface area contributed by atoms with Crippen molar-refractivity contribution in [3.05, 3.63) is 59.7 Å². The van der Waals surface area contributed by atoms with Crippen molar-refractivity contribution in [2.45, 2.75) is 56.9 Å². The molecule has 1 fully saturated rings. The fourth-order valence-electron chi connectivity index (χ4n) is 3.67. The van der Waals surface area contributed by atoms with E-state index >= 15 is 0 Å². The number of benzene rings is 2. The zero-order valence-electron chi connectivity index (χ0n) is 16.7. The maximum atomic E-state index is 13.1. The molecular formula is C22H28N2O3S. The van der Waals surface area contributed by atoms with Crippen molar-refractivity contribution >= 4 is 21.6 Å². The molecular weight excluding hydrogens is 372 g/mol. The van der Waals surface area contributed by atoms with Gasteiger partial charge in [-0.1, -0.05) is 44.5 Å². The van der Waals surface area contributed by atoms with E-state index in [1.807, 2.05) is 31.2 Å². The van der Waals surface area contributed by atoms with Gasteiger partial charge in [-0.15, -0.1) is 0 Å². The molecule has 150 valence electrons. The molecule has 0 spiro atoms. The van der Waals surface area contributed by atoms with Gasteiger partial charge in [-0.2, -0.15) is 4.31 Å². The zero-order chi connectivity index (χ0) is 20.3. The molecule has 1 unspecified atom stereocenters. The minimum atomic E-state index is -3.61. The Labute approximate surface area is 167 Å². The molecule has 2 aromatic rings. The van der Waals surface area contributed by atoms with E-state index in [0.29, 0.717) is 12.1 Å². The zero-order valence-corrected chi connectivity index (χ0v) is 17.5. The summed E-state index contributed by atoms with van der Waals surface area (Å²) in [6.45, 7) is 6.60. The van der Waals surface area contributed by atoms with Crippen LogP contribution in [0.2, 0.25) is 0 Å². The molecule has 1 aliphatic rings. The van der Waals surface area contributed by atoms with Crippen molar-refractivity contribution in [2.24, 2.45) is 0 Å². The van der Waals surface area contributed by atoms with Crippen LogP contribution in [0.15, 0.2) is 53.4 Å². The predicted octanol–water partition coefficient (Wildman–Crippen LogP) is 4.63. The largest absolute Gasteiger partial charge is 0.322 e. The lowest BCUT2D eigenvalue weighted by atomic mass is 10.0. The van der Waals surface area contributed by atoms with E-state index in [1.165, 1.54) is 6.07 Å². The SMILES string of the molecule is CC(C)c1ccccc1NC(=O)c1cccc(S(=O)(=O)N2CCCCC2C)c1. The van der Waals surface area contributed by atoms with E-state index in [2.05, 4.69) is 19.2 Å². The number of nitrogens with zero attached hydrogens (tertiary/aromatic N) is 1. The molecule has 1 saturated heterocycles. The van der Waals surface area contributed by atoms with Crippen molar-refractivity contribution in [3.8, 4) is 0 Å². The van der Waals surface area contributed by atoms with Crippen molar-refractivity contribution < 1.29 is 13.2 Å². The molecule has 1 N–H and O–H groups in total. The van der Waals surface area contributed by atoms with Gasteiger partial charge in [0.05, 0.1) is 4.90 Å². The minimum absolute atomic E-state index is 0.0193. The Kier molecular flexibility index (Phi) is 6.20. The molecule has 3 rings (SSSR count). The highest BCUT2D eigenvalue weighted by atomic mass is 32.2. The number of para-hydroxylation sites is 1. The molecule has 0 bridgehead atoms. The van der Waals surface area contributed by atoms with Crippen molar-refractivity contribution in [2.75, 3.05) is 11.9 Å². The van der Waals surface area contributed by atoms with E-state index in [4.69, 9.17) is 0 Å². The number of hydrogen-bond acceptors (Lipinski definition) is 3. The molecule has 2 aromatic carbocycles. The lowest BCUT2D eigenvalue weighted by Crippen LogP contribution is -2.41. The molecule has 0 aliphatic carbocycles. The van der Waals surface area contributed by atoms with E-state index in [9.17, 15) is 13.2 Å². The summed E-state index contributed by atoms with van der Waals surface area (Å²) < 4.78 is 27.7. The van der Waals surface area contributed by atoms with E-state index in [0.717, 1.165) is 30.5 Å². The quantitative estimate of drug-likeness (QED) is 0.796. The Bertz CT molecular complexity index is 954. The Morgan fingerprint density at radius 2 is 1.86 bits per heavy atom. The first-order valence-electron chi connectivity index (χ1n) is 9.83. The van der Waals surface area contributed by atoms with Gasteiger partial charge in [0.15, 0.2) is 0 Å². The van der Waals surface area contributed by atoms with Crippen LogP contribution in [0.5, 0.6) is 0 Å². The number of rotatable bonds is 5. The summed E-state index contributed by atoms with van der Waals surface area (Å²) in [6.07, 6.45) is 2.78. The van der Waals surface area contributed by atoms with Crippen molar-refractivity contribution in [1.82, 2.24) is 4.31 Å². The molecule has 0 saturated carbocycles. The number of carbonyl (C=O) groups is 1. The van der Waals surface area contributed by atoms with Gasteiger partial charge in [0, 0.05) is 23.8 Å². The van der Waals surface area contributed by atoms with Gasteiger partial charge < -0.3 is 5.32 Å². The van der Waals surface area contributed by atoms with Crippen LogP contribution in [0.25, 0.3) is 0 Å². The molecule has 0 aromatic heterocycles. The summed E-state index contributed by atoms with van der Waals surface area (Å²) in [5.41, 5.74) is 2.13. The molecule has 1 heterocycles. The second-order valence-electron chi connectivity index (χ2n) is 7.68. The Balaban J connectivity index is 1.86. The second kappa shape index (κ2) is 8.45. The summed E-state index contributed by atoms with van der Waals surface area (Å²) in [6, 6.07) is 14.0. The molecule has 1 aliphatic heterocycles. The lowest BCUT2D eigenvalue weighted by molar-refractivity contribution is 0.102. The molecule has 1 amide bonds. The van der Waals surface area contributed by atoms with Gasteiger partial charge in [-0.05, 0) is 55.5 Å². The first-order chi connectivity index (χ1) is 13.3. The van der Waals surface area contributed by atoms with Gasteiger partial charge in [0.2, 0.25) is 10.0 Å². The summed E-state index contributed by atoms with van der Waals surface area (Å²) >= 11 is 0. The van der Waals surface area contributed by atoms with Crippen LogP contribution < -0.4 is 5.32 Å². The van der Waals surface area contributed by atoms with E-state index in [-0.39, 0.29) is 22.8 Å². The van der Waals surface area contributed by atoms with Crippen LogP contribution in [-0.4, -0.2) is 31.2 Å². The summed E-state index contributed by atoms with van der Waals surface area (Å²) in [5, 5.41) is 2.93. The molecule has 6 heteroatoms. The third-order valence-corrected chi connectivity index (χ3v) is 7.29. The predicted molar refractivity (Wildman–Crippen MR) is 112 cm³/mol. The number of carbonyl (C=O) groups excluding carboxylic acids is 1. The summed E-state index contributed by atoms with van der Waals surface area (Å²) in [4.78, 5) is 13.0. The normalized spacial score (nSPS) is 18.2. The van der Waals surface area contributed by atoms with Crippen LogP contribution in [0.3, 0.4) is 0 Å². The standard InChI is InChI=1S/C22H28N2O3S/c1-16(2)20-12-4-5-13-21(20)23-22(25)18-10-8-11-19(15-18)28(26,27)24-14-7-6-9-17(24)3/h4-5,8,10-13,15-17H,6-7,9,14H2,1-3H3,(H,23,25). The topological polar surface area (TPSA) is 66.5 Å². The van der Waals surface area contributed by atoms with Crippen molar-refractivity contribution in [3.63, 3.8) is 0 Å². The third-order valence-electron chi connectivity index (χ3n) is 5.28. The number of sulfonamides is 1. The van der Waals surface area contributed by atoms with Gasteiger partial charge in [0.25, 0.3) is 5.91 Å². The fourth-order valence-corrected chi connectivity index (χ4v) is 5.42. The van der Waals surface area contributed by atoms with Crippen molar-refractivity contribution in [1.29, 1.82) is 0 Å². The van der Waals surface area contributed by atoms with E-state index in [1.54, 1.807) is 22.5 Å². The Morgan fingerprint density at radius 3 is 2.57 bits per heavy atom. The maximum absolute atomic E-state index is 13.1. The third kappa shape index (κ3) is 4.28. The average molecular weight is 401 g/mol. The number of piperidine rings is 1. The van der Waals surface area contributed by atoms with Crippen LogP contribution in [0.4, 0.5) is 5.69 Å².